The third-order valence-corrected chi connectivity index (χ3v) is 4.39. The number of aromatic hydroxyl groups is 1. The number of aryl methyl sites for hydroxylation is 1. The molecule has 7 nitrogen and oxygen atoms in total. The van der Waals surface area contributed by atoms with Gasteiger partial charge in [-0.05, 0) is 38.8 Å². The number of nitrogens with zero attached hydrogens (tertiary/aromatic N) is 2. The number of carbonyl (C=O) groups excluding carboxylic acids is 2. The van der Waals surface area contributed by atoms with Crippen LogP contribution in [0.4, 0.5) is 4.79 Å². The summed E-state index contributed by atoms with van der Waals surface area (Å²) in [5.74, 6) is 0.207. The molecule has 0 spiro atoms. The smallest absolute Gasteiger partial charge is 0.410 e. The van der Waals surface area contributed by atoms with Crippen LogP contribution in [-0.2, 0) is 16.0 Å². The predicted octanol–water partition coefficient (Wildman–Crippen LogP) is 1.99. The van der Waals surface area contributed by atoms with E-state index in [1.807, 2.05) is 32.9 Å². The van der Waals surface area contributed by atoms with Crippen molar-refractivity contribution in [2.75, 3.05) is 39.3 Å². The lowest BCUT2D eigenvalue weighted by molar-refractivity contribution is -0.121. The molecule has 0 aliphatic carbocycles. The summed E-state index contributed by atoms with van der Waals surface area (Å²) in [6, 6.07) is 7.07. The van der Waals surface area contributed by atoms with Gasteiger partial charge in [-0.25, -0.2) is 4.79 Å². The first-order valence-electron chi connectivity index (χ1n) is 9.48. The van der Waals surface area contributed by atoms with Crippen LogP contribution in [0.25, 0.3) is 0 Å². The molecule has 7 heteroatoms. The summed E-state index contributed by atoms with van der Waals surface area (Å²) < 4.78 is 5.39. The fraction of sp³-hybridized carbons (Fsp3) is 0.600. The normalized spacial score (nSPS) is 15.4. The number of nitrogens with one attached hydrogen (secondary N) is 1. The van der Waals surface area contributed by atoms with E-state index in [2.05, 4.69) is 10.2 Å². The molecule has 2 N–H and O–H groups in total. The maximum Gasteiger partial charge on any atom is 0.410 e. The van der Waals surface area contributed by atoms with Gasteiger partial charge in [0.25, 0.3) is 0 Å². The number of para-hydroxylation sites is 1. The van der Waals surface area contributed by atoms with Crippen molar-refractivity contribution in [3.8, 4) is 5.75 Å². The van der Waals surface area contributed by atoms with Crippen LogP contribution in [-0.4, -0.2) is 71.8 Å². The fourth-order valence-electron chi connectivity index (χ4n) is 2.89. The molecule has 1 aliphatic rings. The van der Waals surface area contributed by atoms with Crippen LogP contribution < -0.4 is 5.32 Å². The van der Waals surface area contributed by atoms with Gasteiger partial charge in [0.2, 0.25) is 5.91 Å². The number of carbonyl (C=O) groups is 2. The first-order chi connectivity index (χ1) is 12.7. The van der Waals surface area contributed by atoms with Crippen LogP contribution in [0.2, 0.25) is 0 Å². The van der Waals surface area contributed by atoms with Gasteiger partial charge >= 0.3 is 6.09 Å². The minimum absolute atomic E-state index is 0.0226. The number of ether oxygens (including phenoxy) is 1. The van der Waals surface area contributed by atoms with Crippen molar-refractivity contribution in [3.63, 3.8) is 0 Å². The fourth-order valence-corrected chi connectivity index (χ4v) is 2.89. The van der Waals surface area contributed by atoms with Crippen molar-refractivity contribution in [1.82, 2.24) is 15.1 Å². The molecule has 150 valence electrons. The monoisotopic (exact) mass is 377 g/mol. The molecule has 0 bridgehead atoms. The van der Waals surface area contributed by atoms with Crippen molar-refractivity contribution < 1.29 is 19.4 Å². The molecular weight excluding hydrogens is 346 g/mol. The SMILES string of the molecule is CC(C)(C)OC(=O)N1CCN(CCNC(=O)CCc2ccccc2O)CC1. The maximum absolute atomic E-state index is 12.0. The van der Waals surface area contributed by atoms with Crippen molar-refractivity contribution in [2.45, 2.75) is 39.2 Å². The van der Waals surface area contributed by atoms with Gasteiger partial charge in [0, 0.05) is 45.7 Å². The number of benzene rings is 1. The lowest BCUT2D eigenvalue weighted by Gasteiger charge is -2.35. The summed E-state index contributed by atoms with van der Waals surface area (Å²) >= 11 is 0. The summed E-state index contributed by atoms with van der Waals surface area (Å²) in [5, 5.41) is 12.6. The average Bonchev–Trinajstić information content (AvgIpc) is 2.60. The number of phenolic OH excluding ortho intramolecular Hbond substituents is 1. The molecule has 0 aromatic heterocycles. The van der Waals surface area contributed by atoms with Crippen LogP contribution in [0, 0.1) is 0 Å². The highest BCUT2D eigenvalue weighted by Gasteiger charge is 2.25. The molecule has 27 heavy (non-hydrogen) atoms. The zero-order valence-corrected chi connectivity index (χ0v) is 16.5. The molecule has 0 radical (unpaired) electrons. The van der Waals surface area contributed by atoms with Crippen molar-refractivity contribution in [3.05, 3.63) is 29.8 Å². The van der Waals surface area contributed by atoms with Crippen molar-refractivity contribution in [2.24, 2.45) is 0 Å². The molecule has 0 unspecified atom stereocenters. The molecule has 1 saturated heterocycles. The summed E-state index contributed by atoms with van der Waals surface area (Å²) in [4.78, 5) is 28.0. The molecule has 2 rings (SSSR count). The number of phenols is 1. The van der Waals surface area contributed by atoms with E-state index in [1.165, 1.54) is 0 Å². The molecule has 0 atom stereocenters. The van der Waals surface area contributed by atoms with E-state index < -0.39 is 5.60 Å². The Kier molecular flexibility index (Phi) is 7.47. The van der Waals surface area contributed by atoms with Gasteiger partial charge in [0.15, 0.2) is 0 Å². The lowest BCUT2D eigenvalue weighted by atomic mass is 10.1. The minimum atomic E-state index is -0.477. The summed E-state index contributed by atoms with van der Waals surface area (Å²) in [6.45, 7) is 9.73. The van der Waals surface area contributed by atoms with Crippen LogP contribution in [0.15, 0.2) is 24.3 Å². The Morgan fingerprint density at radius 2 is 1.81 bits per heavy atom. The van der Waals surface area contributed by atoms with Gasteiger partial charge in [-0.1, -0.05) is 18.2 Å². The molecule has 0 saturated carbocycles. The zero-order valence-electron chi connectivity index (χ0n) is 16.5. The van der Waals surface area contributed by atoms with E-state index in [-0.39, 0.29) is 17.7 Å². The van der Waals surface area contributed by atoms with E-state index in [4.69, 9.17) is 4.74 Å². The van der Waals surface area contributed by atoms with Crippen LogP contribution >= 0.6 is 0 Å². The predicted molar refractivity (Wildman–Crippen MR) is 104 cm³/mol. The van der Waals surface area contributed by atoms with Gasteiger partial charge < -0.3 is 20.1 Å². The van der Waals surface area contributed by atoms with Crippen molar-refractivity contribution in [1.29, 1.82) is 0 Å². The summed E-state index contributed by atoms with van der Waals surface area (Å²) in [6.07, 6.45) is 0.608. The second kappa shape index (κ2) is 9.60. The molecule has 1 aromatic rings. The molecule has 2 amide bonds. The number of hydrogen-bond donors (Lipinski definition) is 2. The quantitative estimate of drug-likeness (QED) is 0.792. The lowest BCUT2D eigenvalue weighted by Crippen LogP contribution is -2.51. The molecule has 1 heterocycles. The van der Waals surface area contributed by atoms with E-state index in [9.17, 15) is 14.7 Å². The standard InChI is InChI=1S/C20H31N3O4/c1-20(2,3)27-19(26)23-14-12-22(13-15-23)11-10-21-18(25)9-8-16-6-4-5-7-17(16)24/h4-7,24H,8-15H2,1-3H3,(H,21,25). The topological polar surface area (TPSA) is 82.1 Å². The van der Waals surface area contributed by atoms with E-state index in [1.54, 1.807) is 17.0 Å². The highest BCUT2D eigenvalue weighted by molar-refractivity contribution is 5.76. The summed E-state index contributed by atoms with van der Waals surface area (Å²) in [7, 11) is 0. The third kappa shape index (κ3) is 7.46. The Labute approximate surface area is 161 Å². The second-order valence-corrected chi connectivity index (χ2v) is 7.79. The van der Waals surface area contributed by atoms with Gasteiger partial charge in [-0.15, -0.1) is 0 Å². The highest BCUT2D eigenvalue weighted by atomic mass is 16.6. The molecular formula is C20H31N3O4. The minimum Gasteiger partial charge on any atom is -0.508 e. The van der Waals surface area contributed by atoms with Gasteiger partial charge in [0.05, 0.1) is 0 Å². The van der Waals surface area contributed by atoms with Crippen LogP contribution in [0.3, 0.4) is 0 Å². The first kappa shape index (κ1) is 21.0. The Balaban J connectivity index is 1.61. The molecule has 1 aromatic carbocycles. The van der Waals surface area contributed by atoms with Crippen LogP contribution in [0.5, 0.6) is 5.75 Å². The Hall–Kier alpha value is -2.28. The van der Waals surface area contributed by atoms with E-state index in [0.29, 0.717) is 32.5 Å². The average molecular weight is 377 g/mol. The largest absolute Gasteiger partial charge is 0.508 e. The number of rotatable bonds is 6. The number of amides is 2. The second-order valence-electron chi connectivity index (χ2n) is 7.79. The zero-order chi connectivity index (χ0) is 19.9. The number of piperazine rings is 1. The highest BCUT2D eigenvalue weighted by Crippen LogP contribution is 2.17. The van der Waals surface area contributed by atoms with E-state index >= 15 is 0 Å². The number of hydrogen-bond acceptors (Lipinski definition) is 5. The Morgan fingerprint density at radius 3 is 2.44 bits per heavy atom. The molecule has 1 aliphatic heterocycles. The van der Waals surface area contributed by atoms with Gasteiger partial charge in [-0.3, -0.25) is 9.69 Å². The maximum atomic E-state index is 12.0. The first-order valence-corrected chi connectivity index (χ1v) is 9.48. The Morgan fingerprint density at radius 1 is 1.15 bits per heavy atom. The van der Waals surface area contributed by atoms with Crippen molar-refractivity contribution >= 4 is 12.0 Å². The molecule has 1 fully saturated rings. The van der Waals surface area contributed by atoms with Gasteiger partial charge in [0.1, 0.15) is 11.4 Å². The Bertz CT molecular complexity index is 634. The van der Waals surface area contributed by atoms with Gasteiger partial charge in [-0.2, -0.15) is 0 Å². The third-order valence-electron chi connectivity index (χ3n) is 4.39. The summed E-state index contributed by atoms with van der Waals surface area (Å²) in [5.41, 5.74) is 0.306. The van der Waals surface area contributed by atoms with E-state index in [0.717, 1.165) is 25.2 Å². The van der Waals surface area contributed by atoms with Crippen LogP contribution in [0.1, 0.15) is 32.8 Å².